The fourth-order valence-corrected chi connectivity index (χ4v) is 3.13. The maximum Gasteiger partial charge on any atom is 0.331 e. The van der Waals surface area contributed by atoms with Crippen molar-refractivity contribution in [2.45, 2.75) is 25.7 Å². The first kappa shape index (κ1) is 19.4. The third kappa shape index (κ3) is 5.31. The molecule has 0 aromatic heterocycles. The predicted molar refractivity (Wildman–Crippen MR) is 105 cm³/mol. The quantitative estimate of drug-likeness (QED) is 0.417. The average molecular weight is 375 g/mol. The highest BCUT2D eigenvalue weighted by Gasteiger charge is 2.14. The van der Waals surface area contributed by atoms with Gasteiger partial charge in [0, 0.05) is 11.6 Å². The first-order chi connectivity index (χ1) is 13.7. The molecule has 3 rings (SSSR count). The summed E-state index contributed by atoms with van der Waals surface area (Å²) in [6.07, 6.45) is 7.29. The Bertz CT molecular complexity index is 923. The summed E-state index contributed by atoms with van der Waals surface area (Å²) in [6.45, 7) is -0.289. The molecule has 0 aliphatic heterocycles. The maximum atomic E-state index is 12.3. The van der Waals surface area contributed by atoms with Gasteiger partial charge < -0.3 is 9.47 Å². The number of carbonyl (C=O) groups excluding carboxylic acids is 2. The number of rotatable bonds is 7. The monoisotopic (exact) mass is 375 g/mol. The molecule has 0 atom stereocenters. The summed E-state index contributed by atoms with van der Waals surface area (Å²) in [4.78, 5) is 24.2. The molecule has 0 heterocycles. The normalized spacial score (nSPS) is 12.8. The number of ketones is 1. The summed E-state index contributed by atoms with van der Waals surface area (Å²) in [5, 5.41) is 8.48. The molecule has 1 aliphatic rings. The van der Waals surface area contributed by atoms with Gasteiger partial charge in [-0.05, 0) is 66.6 Å². The highest BCUT2D eigenvalue weighted by molar-refractivity contribution is 5.99. The second-order valence-corrected chi connectivity index (χ2v) is 6.57. The van der Waals surface area contributed by atoms with Crippen LogP contribution in [-0.4, -0.2) is 25.0 Å². The van der Waals surface area contributed by atoms with E-state index in [0.29, 0.717) is 11.3 Å². The minimum absolute atomic E-state index is 0.0141. The Balaban J connectivity index is 1.50. The highest BCUT2D eigenvalue weighted by atomic mass is 16.5. The molecule has 5 heteroatoms. The number of hydrogen-bond acceptors (Lipinski definition) is 5. The van der Waals surface area contributed by atoms with E-state index in [4.69, 9.17) is 14.7 Å². The van der Waals surface area contributed by atoms with E-state index in [2.05, 4.69) is 0 Å². The minimum Gasteiger partial charge on any atom is -0.479 e. The zero-order chi connectivity index (χ0) is 19.8. The van der Waals surface area contributed by atoms with Crippen LogP contribution in [0.1, 0.15) is 39.9 Å². The third-order valence-electron chi connectivity index (χ3n) is 4.61. The number of nitriles is 1. The number of nitrogens with zero attached hydrogens (tertiary/aromatic N) is 1. The number of carbonyl (C=O) groups is 2. The molecular weight excluding hydrogens is 354 g/mol. The highest BCUT2D eigenvalue weighted by Crippen LogP contribution is 2.22. The molecule has 28 heavy (non-hydrogen) atoms. The molecule has 2 aromatic carbocycles. The molecule has 2 aromatic rings. The molecule has 0 fully saturated rings. The lowest BCUT2D eigenvalue weighted by Crippen LogP contribution is -2.13. The van der Waals surface area contributed by atoms with Crippen molar-refractivity contribution in [3.8, 4) is 11.8 Å². The summed E-state index contributed by atoms with van der Waals surface area (Å²) < 4.78 is 10.2. The van der Waals surface area contributed by atoms with Crippen LogP contribution in [0.25, 0.3) is 6.08 Å². The van der Waals surface area contributed by atoms with Crippen molar-refractivity contribution in [1.29, 1.82) is 5.26 Å². The summed E-state index contributed by atoms with van der Waals surface area (Å²) in [5.74, 6) is -0.192. The van der Waals surface area contributed by atoms with Crippen molar-refractivity contribution >= 4 is 17.8 Å². The first-order valence-electron chi connectivity index (χ1n) is 9.25. The zero-order valence-corrected chi connectivity index (χ0v) is 15.5. The molecule has 0 saturated carbocycles. The fraction of sp³-hybridized carbons (Fsp3) is 0.261. The van der Waals surface area contributed by atoms with Crippen molar-refractivity contribution in [3.05, 3.63) is 70.8 Å². The molecule has 1 aliphatic carbocycles. The van der Waals surface area contributed by atoms with Crippen LogP contribution < -0.4 is 4.74 Å². The molecule has 0 bridgehead atoms. The van der Waals surface area contributed by atoms with Gasteiger partial charge in [0.2, 0.25) is 0 Å². The summed E-state index contributed by atoms with van der Waals surface area (Å²) >= 11 is 0. The molecule has 0 spiro atoms. The van der Waals surface area contributed by atoms with Crippen molar-refractivity contribution < 1.29 is 19.1 Å². The Labute approximate surface area is 164 Å². The number of esters is 1. The second kappa shape index (κ2) is 9.52. The van der Waals surface area contributed by atoms with Gasteiger partial charge in [0.05, 0.1) is 0 Å². The number of Topliss-reactive ketones (excluding diaryl/α,β-unsaturated/α-hetero) is 1. The Morgan fingerprint density at radius 3 is 2.54 bits per heavy atom. The molecule has 5 nitrogen and oxygen atoms in total. The Morgan fingerprint density at radius 2 is 1.79 bits per heavy atom. The van der Waals surface area contributed by atoms with Gasteiger partial charge in [-0.15, -0.1) is 0 Å². The van der Waals surface area contributed by atoms with Crippen LogP contribution >= 0.6 is 0 Å². The fourth-order valence-electron chi connectivity index (χ4n) is 3.13. The van der Waals surface area contributed by atoms with E-state index < -0.39 is 5.97 Å². The van der Waals surface area contributed by atoms with Crippen molar-refractivity contribution in [2.75, 3.05) is 13.2 Å². The largest absolute Gasteiger partial charge is 0.479 e. The standard InChI is InChI=1S/C23H21NO4/c24-13-14-27-21-10-5-17(6-11-21)7-12-23(26)28-16-22(25)20-9-8-18-3-1-2-4-19(18)15-20/h5-12,15H,1-4,14,16H2/b12-7+. The van der Waals surface area contributed by atoms with Crippen LogP contribution in [0.15, 0.2) is 48.5 Å². The van der Waals surface area contributed by atoms with E-state index in [0.717, 1.165) is 24.8 Å². The van der Waals surface area contributed by atoms with Crippen LogP contribution in [0.3, 0.4) is 0 Å². The van der Waals surface area contributed by atoms with E-state index in [-0.39, 0.29) is 19.0 Å². The van der Waals surface area contributed by atoms with Crippen molar-refractivity contribution in [3.63, 3.8) is 0 Å². The van der Waals surface area contributed by atoms with Gasteiger partial charge in [0.15, 0.2) is 19.0 Å². The van der Waals surface area contributed by atoms with Gasteiger partial charge in [-0.2, -0.15) is 5.26 Å². The number of hydrogen-bond donors (Lipinski definition) is 0. The number of ether oxygens (including phenoxy) is 2. The lowest BCUT2D eigenvalue weighted by Gasteiger charge is -2.16. The number of benzene rings is 2. The molecule has 142 valence electrons. The summed E-state index contributed by atoms with van der Waals surface area (Å²) in [6, 6.07) is 14.6. The number of fused-ring (bicyclic) bond motifs is 1. The van der Waals surface area contributed by atoms with Gasteiger partial charge >= 0.3 is 5.97 Å². The van der Waals surface area contributed by atoms with Crippen molar-refractivity contribution in [1.82, 2.24) is 0 Å². The summed E-state index contributed by atoms with van der Waals surface area (Å²) in [5.41, 5.74) is 3.91. The van der Waals surface area contributed by atoms with Crippen LogP contribution in [-0.2, 0) is 22.4 Å². The maximum absolute atomic E-state index is 12.3. The first-order valence-corrected chi connectivity index (χ1v) is 9.25. The van der Waals surface area contributed by atoms with Crippen LogP contribution in [0.2, 0.25) is 0 Å². The lowest BCUT2D eigenvalue weighted by atomic mass is 9.90. The van der Waals surface area contributed by atoms with Crippen LogP contribution in [0.5, 0.6) is 5.75 Å². The Kier molecular flexibility index (Phi) is 6.59. The molecular formula is C23H21NO4. The predicted octanol–water partition coefficient (Wildman–Crippen LogP) is 3.91. The Hall–Kier alpha value is -3.39. The molecule has 0 unspecified atom stereocenters. The molecule has 0 N–H and O–H groups in total. The van der Waals surface area contributed by atoms with Crippen molar-refractivity contribution in [2.24, 2.45) is 0 Å². The second-order valence-electron chi connectivity index (χ2n) is 6.57. The van der Waals surface area contributed by atoms with Gasteiger partial charge in [-0.3, -0.25) is 4.79 Å². The van der Waals surface area contributed by atoms with Crippen LogP contribution in [0.4, 0.5) is 0 Å². The van der Waals surface area contributed by atoms with E-state index in [1.54, 1.807) is 30.3 Å². The van der Waals surface area contributed by atoms with Gasteiger partial charge in [0.25, 0.3) is 0 Å². The topological polar surface area (TPSA) is 76.4 Å². The molecule has 0 radical (unpaired) electrons. The van der Waals surface area contributed by atoms with E-state index in [1.165, 1.54) is 23.6 Å². The van der Waals surface area contributed by atoms with Crippen LogP contribution in [0, 0.1) is 11.3 Å². The SMILES string of the molecule is N#CCOc1ccc(/C=C/C(=O)OCC(=O)c2ccc3c(c2)CCCC3)cc1. The van der Waals surface area contributed by atoms with E-state index >= 15 is 0 Å². The lowest BCUT2D eigenvalue weighted by molar-refractivity contribution is -0.136. The summed E-state index contributed by atoms with van der Waals surface area (Å²) in [7, 11) is 0. The van der Waals surface area contributed by atoms with E-state index in [1.807, 2.05) is 24.3 Å². The van der Waals surface area contributed by atoms with Gasteiger partial charge in [0.1, 0.15) is 11.8 Å². The molecule has 0 saturated heterocycles. The third-order valence-corrected chi connectivity index (χ3v) is 4.61. The smallest absolute Gasteiger partial charge is 0.331 e. The van der Waals surface area contributed by atoms with Gasteiger partial charge in [-0.25, -0.2) is 4.79 Å². The van der Waals surface area contributed by atoms with E-state index in [9.17, 15) is 9.59 Å². The van der Waals surface area contributed by atoms with Gasteiger partial charge in [-0.1, -0.05) is 24.3 Å². The zero-order valence-electron chi connectivity index (χ0n) is 15.5. The minimum atomic E-state index is -0.573. The molecule has 0 amide bonds. The average Bonchev–Trinajstić information content (AvgIpc) is 2.75. The number of aryl methyl sites for hydroxylation is 2. The Morgan fingerprint density at radius 1 is 1.04 bits per heavy atom.